The van der Waals surface area contributed by atoms with Crippen LogP contribution in [0.2, 0.25) is 0 Å². The third kappa shape index (κ3) is 4.39. The van der Waals surface area contributed by atoms with Gasteiger partial charge >= 0.3 is 0 Å². The Hall–Kier alpha value is -1.72. The Morgan fingerprint density at radius 2 is 1.78 bits per heavy atom. The first-order chi connectivity index (χ1) is 10.9. The maximum atomic E-state index is 13.7. The molecule has 0 radical (unpaired) electrons. The molecule has 2 rings (SSSR count). The summed E-state index contributed by atoms with van der Waals surface area (Å²) in [7, 11) is 0. The molecule has 0 aliphatic carbocycles. The molecule has 0 heterocycles. The Kier molecular flexibility index (Phi) is 5.91. The molecule has 0 saturated carbocycles. The molecule has 122 valence electrons. The normalized spacial score (nSPS) is 12.3. The molecular formula is C18H20BrFN2O. The van der Waals surface area contributed by atoms with E-state index in [4.69, 9.17) is 5.73 Å². The fourth-order valence-corrected chi connectivity index (χ4v) is 2.77. The van der Waals surface area contributed by atoms with E-state index in [1.54, 1.807) is 6.07 Å². The lowest BCUT2D eigenvalue weighted by atomic mass is 9.99. The average molecular weight is 379 g/mol. The molecule has 1 unspecified atom stereocenters. The molecule has 2 aromatic carbocycles. The number of hydrogen-bond donors (Lipinski definition) is 2. The Balaban J connectivity index is 2.01. The monoisotopic (exact) mass is 378 g/mol. The number of halogens is 2. The Morgan fingerprint density at radius 1 is 1.17 bits per heavy atom. The maximum Gasteiger partial charge on any atom is 0.255 e. The summed E-state index contributed by atoms with van der Waals surface area (Å²) >= 11 is 3.19. The molecule has 0 aromatic heterocycles. The minimum atomic E-state index is -0.563. The van der Waals surface area contributed by atoms with Crippen molar-refractivity contribution in [2.75, 3.05) is 6.54 Å². The molecule has 23 heavy (non-hydrogen) atoms. The molecule has 1 atom stereocenters. The van der Waals surface area contributed by atoms with E-state index < -0.39 is 11.7 Å². The fraction of sp³-hybridized carbons (Fsp3) is 0.278. The largest absolute Gasteiger partial charge is 0.350 e. The van der Waals surface area contributed by atoms with Crippen molar-refractivity contribution >= 4 is 21.8 Å². The second kappa shape index (κ2) is 7.70. The highest BCUT2D eigenvalue weighted by Crippen LogP contribution is 2.20. The molecule has 3 nitrogen and oxygen atoms in total. The van der Waals surface area contributed by atoms with E-state index in [0.29, 0.717) is 10.4 Å². The molecule has 0 aliphatic rings. The third-order valence-electron chi connectivity index (χ3n) is 3.70. The Labute approximate surface area is 144 Å². The Morgan fingerprint density at radius 3 is 2.35 bits per heavy atom. The molecule has 0 saturated heterocycles. The molecule has 0 fully saturated rings. The molecule has 2 aromatic rings. The van der Waals surface area contributed by atoms with Crippen LogP contribution in [-0.2, 0) is 0 Å². The van der Waals surface area contributed by atoms with Crippen molar-refractivity contribution in [3.8, 4) is 0 Å². The summed E-state index contributed by atoms with van der Waals surface area (Å²) in [5.41, 5.74) is 8.27. The first-order valence-electron chi connectivity index (χ1n) is 7.47. The lowest BCUT2D eigenvalue weighted by Crippen LogP contribution is -2.32. The smallest absolute Gasteiger partial charge is 0.255 e. The van der Waals surface area contributed by atoms with E-state index in [0.717, 1.165) is 5.56 Å². The van der Waals surface area contributed by atoms with Crippen molar-refractivity contribution in [1.82, 2.24) is 5.32 Å². The van der Waals surface area contributed by atoms with E-state index in [-0.39, 0.29) is 18.2 Å². The number of hydrogen-bond acceptors (Lipinski definition) is 2. The van der Waals surface area contributed by atoms with Gasteiger partial charge in [0.15, 0.2) is 0 Å². The predicted molar refractivity (Wildman–Crippen MR) is 93.9 cm³/mol. The van der Waals surface area contributed by atoms with Gasteiger partial charge in [-0.25, -0.2) is 4.39 Å². The van der Waals surface area contributed by atoms with E-state index in [1.807, 2.05) is 24.3 Å². The van der Waals surface area contributed by atoms with Gasteiger partial charge in [0, 0.05) is 17.1 Å². The van der Waals surface area contributed by atoms with Crippen LogP contribution in [0, 0.1) is 5.82 Å². The number of amides is 1. The SMILES string of the molecule is CC(C)c1ccc(C(N)CNC(=O)c2c(F)cccc2Br)cc1. The molecule has 0 bridgehead atoms. The van der Waals surface area contributed by atoms with Crippen molar-refractivity contribution in [3.63, 3.8) is 0 Å². The van der Waals surface area contributed by atoms with E-state index in [1.165, 1.54) is 17.7 Å². The van der Waals surface area contributed by atoms with Crippen molar-refractivity contribution in [2.45, 2.75) is 25.8 Å². The minimum absolute atomic E-state index is 0.00476. The second-order valence-corrected chi connectivity index (χ2v) is 6.59. The molecule has 0 spiro atoms. The zero-order valence-corrected chi connectivity index (χ0v) is 14.7. The lowest BCUT2D eigenvalue weighted by molar-refractivity contribution is 0.0946. The molecule has 5 heteroatoms. The summed E-state index contributed by atoms with van der Waals surface area (Å²) in [6.07, 6.45) is 0. The van der Waals surface area contributed by atoms with Crippen LogP contribution >= 0.6 is 15.9 Å². The van der Waals surface area contributed by atoms with Crippen molar-refractivity contribution in [2.24, 2.45) is 5.73 Å². The molecular weight excluding hydrogens is 359 g/mol. The van der Waals surface area contributed by atoms with E-state index in [2.05, 4.69) is 35.1 Å². The van der Waals surface area contributed by atoms with Crippen molar-refractivity contribution < 1.29 is 9.18 Å². The standard InChI is InChI=1S/C18H20BrFN2O/c1-11(2)12-6-8-13(9-7-12)16(21)10-22-18(23)17-14(19)4-3-5-15(17)20/h3-9,11,16H,10,21H2,1-2H3,(H,22,23). The number of nitrogens with two attached hydrogens (primary N) is 1. The zero-order chi connectivity index (χ0) is 17.0. The van der Waals surface area contributed by atoms with Crippen LogP contribution in [-0.4, -0.2) is 12.5 Å². The summed E-state index contributed by atoms with van der Waals surface area (Å²) in [4.78, 5) is 12.1. The fourth-order valence-electron chi connectivity index (χ4n) is 2.25. The third-order valence-corrected chi connectivity index (χ3v) is 4.36. The van der Waals surface area contributed by atoms with Crippen molar-refractivity contribution in [3.05, 3.63) is 69.4 Å². The summed E-state index contributed by atoms with van der Waals surface area (Å²) in [6, 6.07) is 12.1. The van der Waals surface area contributed by atoms with Crippen LogP contribution in [0.3, 0.4) is 0 Å². The van der Waals surface area contributed by atoms with Crippen LogP contribution in [0.15, 0.2) is 46.9 Å². The maximum absolute atomic E-state index is 13.7. The van der Waals surface area contributed by atoms with Crippen LogP contribution in [0.25, 0.3) is 0 Å². The quantitative estimate of drug-likeness (QED) is 0.821. The number of nitrogens with one attached hydrogen (secondary N) is 1. The predicted octanol–water partition coefficient (Wildman–Crippen LogP) is 4.14. The highest BCUT2D eigenvalue weighted by Gasteiger charge is 2.16. The second-order valence-electron chi connectivity index (χ2n) is 5.73. The topological polar surface area (TPSA) is 55.1 Å². The number of carbonyl (C=O) groups excluding carboxylic acids is 1. The summed E-state index contributed by atoms with van der Waals surface area (Å²) in [5, 5.41) is 2.68. The highest BCUT2D eigenvalue weighted by molar-refractivity contribution is 9.10. The first-order valence-corrected chi connectivity index (χ1v) is 8.27. The number of benzene rings is 2. The van der Waals surface area contributed by atoms with Crippen LogP contribution < -0.4 is 11.1 Å². The summed E-state index contributed by atoms with van der Waals surface area (Å²) in [6.45, 7) is 4.49. The van der Waals surface area contributed by atoms with Gasteiger partial charge in [-0.15, -0.1) is 0 Å². The molecule has 0 aliphatic heterocycles. The van der Waals surface area contributed by atoms with Gasteiger partial charge < -0.3 is 11.1 Å². The van der Waals surface area contributed by atoms with Gasteiger partial charge in [0.2, 0.25) is 0 Å². The van der Waals surface area contributed by atoms with Crippen LogP contribution in [0.4, 0.5) is 4.39 Å². The van der Waals surface area contributed by atoms with Gasteiger partial charge in [-0.2, -0.15) is 0 Å². The van der Waals surface area contributed by atoms with Gasteiger partial charge in [0.25, 0.3) is 5.91 Å². The number of rotatable bonds is 5. The molecule has 3 N–H and O–H groups in total. The lowest BCUT2D eigenvalue weighted by Gasteiger charge is -2.15. The van der Waals surface area contributed by atoms with Crippen LogP contribution in [0.1, 0.15) is 47.3 Å². The van der Waals surface area contributed by atoms with Gasteiger partial charge in [-0.1, -0.05) is 44.2 Å². The van der Waals surface area contributed by atoms with Gasteiger partial charge in [-0.3, -0.25) is 4.79 Å². The number of carbonyl (C=O) groups is 1. The minimum Gasteiger partial charge on any atom is -0.350 e. The first kappa shape index (κ1) is 17.6. The van der Waals surface area contributed by atoms with Gasteiger partial charge in [0.1, 0.15) is 5.82 Å². The van der Waals surface area contributed by atoms with Crippen LogP contribution in [0.5, 0.6) is 0 Å². The van der Waals surface area contributed by atoms with E-state index in [9.17, 15) is 9.18 Å². The average Bonchev–Trinajstić information content (AvgIpc) is 2.52. The zero-order valence-electron chi connectivity index (χ0n) is 13.1. The highest BCUT2D eigenvalue weighted by atomic mass is 79.9. The Bertz CT molecular complexity index is 666. The van der Waals surface area contributed by atoms with Crippen molar-refractivity contribution in [1.29, 1.82) is 0 Å². The van der Waals surface area contributed by atoms with E-state index >= 15 is 0 Å². The summed E-state index contributed by atoms with van der Waals surface area (Å²) < 4.78 is 14.2. The van der Waals surface area contributed by atoms with Gasteiger partial charge in [-0.05, 0) is 45.1 Å². The summed E-state index contributed by atoms with van der Waals surface area (Å²) in [5.74, 6) is -0.589. The molecule has 1 amide bonds. The van der Waals surface area contributed by atoms with Gasteiger partial charge in [0.05, 0.1) is 5.56 Å².